The lowest BCUT2D eigenvalue weighted by Crippen LogP contribution is -2.21. The highest BCUT2D eigenvalue weighted by Gasteiger charge is 2.19. The number of pyridine rings is 1. The van der Waals surface area contributed by atoms with E-state index in [1.165, 1.54) is 49.8 Å². The summed E-state index contributed by atoms with van der Waals surface area (Å²) in [4.78, 5) is 10.2. The highest BCUT2D eigenvalue weighted by Crippen LogP contribution is 2.32. The molecule has 0 aliphatic heterocycles. The Morgan fingerprint density at radius 3 is 2.50 bits per heavy atom. The molecular formula is C21H22ClN3S. The van der Waals surface area contributed by atoms with Gasteiger partial charge in [-0.1, -0.05) is 49.4 Å². The van der Waals surface area contributed by atoms with Gasteiger partial charge in [-0.2, -0.15) is 0 Å². The molecule has 0 bridgehead atoms. The fourth-order valence-electron chi connectivity index (χ4n) is 3.63. The third-order valence-electron chi connectivity index (χ3n) is 4.94. The highest BCUT2D eigenvalue weighted by molar-refractivity contribution is 7.07. The summed E-state index contributed by atoms with van der Waals surface area (Å²) in [6.45, 7) is 0. The fraction of sp³-hybridized carbons (Fsp3) is 0.333. The van der Waals surface area contributed by atoms with E-state index in [4.69, 9.17) is 16.6 Å². The van der Waals surface area contributed by atoms with Crippen LogP contribution in [0.15, 0.2) is 59.2 Å². The molecule has 3 aromatic rings. The van der Waals surface area contributed by atoms with Gasteiger partial charge >= 0.3 is 0 Å². The predicted octanol–water partition coefficient (Wildman–Crippen LogP) is 6.39. The first-order valence-electron chi connectivity index (χ1n) is 9.22. The molecule has 134 valence electrons. The Morgan fingerprint density at radius 2 is 1.81 bits per heavy atom. The standard InChI is InChI=1S/C21H22ClN3S/c22-17-11-9-16(10-12-17)20-15-26-21(24-18-6-5-13-23-14-18)25(20)19-7-3-1-2-4-8-19/h5-6,9-15,19H,1-4,7-8H2. The quantitative estimate of drug-likeness (QED) is 0.481. The first-order chi connectivity index (χ1) is 12.8. The van der Waals surface area contributed by atoms with Crippen LogP contribution in [0.25, 0.3) is 11.3 Å². The Balaban J connectivity index is 1.84. The number of benzene rings is 1. The molecule has 26 heavy (non-hydrogen) atoms. The van der Waals surface area contributed by atoms with Crippen LogP contribution in [0.1, 0.15) is 44.6 Å². The van der Waals surface area contributed by atoms with Crippen molar-refractivity contribution < 1.29 is 0 Å². The van der Waals surface area contributed by atoms with E-state index in [0.717, 1.165) is 15.5 Å². The van der Waals surface area contributed by atoms with E-state index < -0.39 is 0 Å². The first kappa shape index (κ1) is 17.5. The second kappa shape index (κ2) is 8.19. The molecule has 0 radical (unpaired) electrons. The minimum absolute atomic E-state index is 0.504. The molecule has 5 heteroatoms. The molecule has 1 aliphatic carbocycles. The third kappa shape index (κ3) is 3.92. The van der Waals surface area contributed by atoms with Gasteiger partial charge in [-0.05, 0) is 42.7 Å². The second-order valence-corrected chi connectivity index (χ2v) is 8.02. The van der Waals surface area contributed by atoms with E-state index in [9.17, 15) is 0 Å². The number of rotatable bonds is 3. The lowest BCUT2D eigenvalue weighted by molar-refractivity contribution is 0.439. The molecular weight excluding hydrogens is 362 g/mol. The minimum Gasteiger partial charge on any atom is -0.313 e. The van der Waals surface area contributed by atoms with Crippen molar-refractivity contribution in [2.45, 2.75) is 44.6 Å². The molecule has 4 rings (SSSR count). The van der Waals surface area contributed by atoms with Gasteiger partial charge in [-0.3, -0.25) is 4.98 Å². The van der Waals surface area contributed by atoms with E-state index in [1.54, 1.807) is 17.5 Å². The fourth-order valence-corrected chi connectivity index (χ4v) is 4.74. The monoisotopic (exact) mass is 383 g/mol. The van der Waals surface area contributed by atoms with Gasteiger partial charge in [0.05, 0.1) is 17.6 Å². The number of hydrogen-bond donors (Lipinski definition) is 0. The number of aromatic nitrogens is 2. The van der Waals surface area contributed by atoms with E-state index in [-0.39, 0.29) is 0 Å². The summed E-state index contributed by atoms with van der Waals surface area (Å²) in [6, 6.07) is 12.6. The molecule has 3 nitrogen and oxygen atoms in total. The maximum absolute atomic E-state index is 6.09. The van der Waals surface area contributed by atoms with Crippen molar-refractivity contribution in [3.8, 4) is 11.3 Å². The number of nitrogens with zero attached hydrogens (tertiary/aromatic N) is 3. The van der Waals surface area contributed by atoms with Crippen molar-refractivity contribution in [3.63, 3.8) is 0 Å². The van der Waals surface area contributed by atoms with Crippen molar-refractivity contribution in [1.29, 1.82) is 0 Å². The van der Waals surface area contributed by atoms with Crippen LogP contribution >= 0.6 is 22.9 Å². The third-order valence-corrected chi connectivity index (χ3v) is 6.03. The smallest absolute Gasteiger partial charge is 0.190 e. The van der Waals surface area contributed by atoms with Crippen molar-refractivity contribution in [3.05, 3.63) is 64.0 Å². The number of thiazole rings is 1. The first-order valence-corrected chi connectivity index (χ1v) is 10.5. The summed E-state index contributed by atoms with van der Waals surface area (Å²) in [5.41, 5.74) is 3.34. The number of hydrogen-bond acceptors (Lipinski definition) is 3. The van der Waals surface area contributed by atoms with Crippen LogP contribution in [-0.4, -0.2) is 9.55 Å². The maximum Gasteiger partial charge on any atom is 0.190 e. The van der Waals surface area contributed by atoms with Crippen LogP contribution in [0.4, 0.5) is 5.69 Å². The molecule has 1 aromatic carbocycles. The SMILES string of the molecule is Clc1ccc(-c2csc(=Nc3cccnc3)n2C2CCCCCC2)cc1. The van der Waals surface area contributed by atoms with Gasteiger partial charge < -0.3 is 4.57 Å². The molecule has 1 saturated carbocycles. The summed E-state index contributed by atoms with van der Waals surface area (Å²) >= 11 is 7.80. The highest BCUT2D eigenvalue weighted by atomic mass is 35.5. The Morgan fingerprint density at radius 1 is 1.04 bits per heavy atom. The average molecular weight is 384 g/mol. The van der Waals surface area contributed by atoms with Crippen LogP contribution in [-0.2, 0) is 0 Å². The van der Waals surface area contributed by atoms with Crippen LogP contribution in [0, 0.1) is 0 Å². The molecule has 1 aliphatic rings. The topological polar surface area (TPSA) is 30.2 Å². The largest absolute Gasteiger partial charge is 0.313 e. The van der Waals surface area contributed by atoms with E-state index in [2.05, 4.69) is 27.1 Å². The van der Waals surface area contributed by atoms with Crippen LogP contribution in [0.5, 0.6) is 0 Å². The molecule has 1 fully saturated rings. The average Bonchev–Trinajstić information content (AvgIpc) is 2.89. The summed E-state index contributed by atoms with van der Waals surface area (Å²) in [6.07, 6.45) is 11.3. The van der Waals surface area contributed by atoms with Gasteiger partial charge in [0.2, 0.25) is 0 Å². The van der Waals surface area contributed by atoms with Crippen LogP contribution in [0.3, 0.4) is 0 Å². The van der Waals surface area contributed by atoms with Gasteiger partial charge in [-0.25, -0.2) is 4.99 Å². The molecule has 0 unspecified atom stereocenters. The predicted molar refractivity (Wildman–Crippen MR) is 109 cm³/mol. The zero-order chi connectivity index (χ0) is 17.8. The van der Waals surface area contributed by atoms with Crippen molar-refractivity contribution >= 4 is 28.6 Å². The number of halogens is 1. The summed E-state index contributed by atoms with van der Waals surface area (Å²) < 4.78 is 2.45. The van der Waals surface area contributed by atoms with E-state index in [1.807, 2.05) is 30.5 Å². The molecule has 0 spiro atoms. The van der Waals surface area contributed by atoms with E-state index in [0.29, 0.717) is 6.04 Å². The summed E-state index contributed by atoms with van der Waals surface area (Å²) in [7, 11) is 0. The van der Waals surface area contributed by atoms with Gasteiger partial charge in [0.1, 0.15) is 0 Å². The van der Waals surface area contributed by atoms with Crippen molar-refractivity contribution in [2.75, 3.05) is 0 Å². The zero-order valence-corrected chi connectivity index (χ0v) is 16.2. The summed E-state index contributed by atoms with van der Waals surface area (Å²) in [5.74, 6) is 0. The van der Waals surface area contributed by atoms with Gasteiger partial charge in [0, 0.05) is 22.6 Å². The van der Waals surface area contributed by atoms with Crippen molar-refractivity contribution in [1.82, 2.24) is 9.55 Å². The molecule has 0 saturated heterocycles. The molecule has 0 atom stereocenters. The lowest BCUT2D eigenvalue weighted by atomic mass is 10.1. The zero-order valence-electron chi connectivity index (χ0n) is 14.6. The van der Waals surface area contributed by atoms with Gasteiger partial charge in [-0.15, -0.1) is 11.3 Å². The van der Waals surface area contributed by atoms with Gasteiger partial charge in [0.25, 0.3) is 0 Å². The molecule has 0 amide bonds. The Kier molecular flexibility index (Phi) is 5.51. The minimum atomic E-state index is 0.504. The Hall–Kier alpha value is -1.91. The van der Waals surface area contributed by atoms with Crippen LogP contribution < -0.4 is 4.80 Å². The van der Waals surface area contributed by atoms with Gasteiger partial charge in [0.15, 0.2) is 4.80 Å². The second-order valence-electron chi connectivity index (χ2n) is 6.75. The van der Waals surface area contributed by atoms with Crippen molar-refractivity contribution in [2.24, 2.45) is 4.99 Å². The lowest BCUT2D eigenvalue weighted by Gasteiger charge is -2.20. The Labute approximate surface area is 163 Å². The summed E-state index contributed by atoms with van der Waals surface area (Å²) in [5, 5.41) is 2.99. The molecule has 0 N–H and O–H groups in total. The van der Waals surface area contributed by atoms with Crippen LogP contribution in [0.2, 0.25) is 5.02 Å². The molecule has 2 heterocycles. The maximum atomic E-state index is 6.09. The van der Waals surface area contributed by atoms with E-state index >= 15 is 0 Å². The molecule has 2 aromatic heterocycles. The normalized spacial score (nSPS) is 16.6. The Bertz CT molecular complexity index is 904.